The third kappa shape index (κ3) is 8.00. The van der Waals surface area contributed by atoms with Crippen LogP contribution in [0.2, 0.25) is 0 Å². The summed E-state index contributed by atoms with van der Waals surface area (Å²) in [5.74, 6) is -0.335. The molecule has 30 heavy (non-hydrogen) atoms. The van der Waals surface area contributed by atoms with Crippen LogP contribution in [0.4, 0.5) is 28.4 Å². The first kappa shape index (κ1) is 23.6. The Bertz CT molecular complexity index is 750. The lowest BCUT2D eigenvalue weighted by molar-refractivity contribution is -0.274. The van der Waals surface area contributed by atoms with E-state index < -0.39 is 29.8 Å². The molecule has 1 fully saturated rings. The summed E-state index contributed by atoms with van der Waals surface area (Å²) in [5, 5.41) is 2.60. The summed E-state index contributed by atoms with van der Waals surface area (Å²) in [7, 11) is 1.65. The molecule has 0 aromatic heterocycles. The second-order valence-corrected chi connectivity index (χ2v) is 8.32. The topological polar surface area (TPSA) is 71.1 Å². The van der Waals surface area contributed by atoms with E-state index in [1.54, 1.807) is 32.7 Å². The Labute approximate surface area is 174 Å². The van der Waals surface area contributed by atoms with Gasteiger partial charge in [-0.1, -0.05) is 6.07 Å². The third-order valence-corrected chi connectivity index (χ3v) is 4.36. The number of rotatable bonds is 4. The molecule has 168 valence electrons. The van der Waals surface area contributed by atoms with Gasteiger partial charge in [-0.3, -0.25) is 0 Å². The van der Waals surface area contributed by atoms with E-state index in [0.717, 1.165) is 25.0 Å². The minimum atomic E-state index is -4.80. The molecule has 2 rings (SSSR count). The number of carbonyl (C=O) groups is 2. The van der Waals surface area contributed by atoms with Crippen molar-refractivity contribution in [2.75, 3.05) is 32.0 Å². The largest absolute Gasteiger partial charge is 0.573 e. The number of benzene rings is 1. The summed E-state index contributed by atoms with van der Waals surface area (Å²) in [6.07, 6.45) is -3.61. The predicted molar refractivity (Wildman–Crippen MR) is 105 cm³/mol. The van der Waals surface area contributed by atoms with E-state index >= 15 is 0 Å². The molecule has 1 aromatic carbocycles. The van der Waals surface area contributed by atoms with Crippen LogP contribution in [0.3, 0.4) is 0 Å². The van der Waals surface area contributed by atoms with E-state index in [9.17, 15) is 22.8 Å². The Hall–Kier alpha value is -2.65. The fraction of sp³-hybridized carbons (Fsp3) is 0.600. The van der Waals surface area contributed by atoms with Gasteiger partial charge in [-0.2, -0.15) is 0 Å². The molecule has 0 spiro atoms. The zero-order valence-electron chi connectivity index (χ0n) is 17.6. The Morgan fingerprint density at radius 3 is 2.60 bits per heavy atom. The van der Waals surface area contributed by atoms with E-state index in [2.05, 4.69) is 10.1 Å². The number of urea groups is 1. The molecule has 0 saturated carbocycles. The van der Waals surface area contributed by atoms with Crippen molar-refractivity contribution in [2.45, 2.75) is 45.6 Å². The van der Waals surface area contributed by atoms with Crippen molar-refractivity contribution in [1.29, 1.82) is 0 Å². The summed E-state index contributed by atoms with van der Waals surface area (Å²) < 4.78 is 46.3. The number of hydrogen-bond acceptors (Lipinski definition) is 4. The summed E-state index contributed by atoms with van der Waals surface area (Å²) in [4.78, 5) is 27.8. The standard InChI is InChI=1S/C20H28F3N3O4/c1-19(2,3)30-18(28)25(4)12-14-7-6-10-26(13-14)17(27)24-15-8-5-9-16(11-15)29-20(21,22)23/h5,8-9,11,14H,6-7,10,12-13H2,1-4H3,(H,24,27). The number of ether oxygens (including phenoxy) is 2. The molecule has 0 bridgehead atoms. The quantitative estimate of drug-likeness (QED) is 0.751. The first-order valence-corrected chi connectivity index (χ1v) is 9.68. The Morgan fingerprint density at radius 2 is 1.97 bits per heavy atom. The molecule has 1 unspecified atom stereocenters. The maximum absolute atomic E-state index is 12.6. The zero-order valence-corrected chi connectivity index (χ0v) is 17.6. The monoisotopic (exact) mass is 431 g/mol. The highest BCUT2D eigenvalue weighted by Gasteiger charge is 2.31. The molecule has 10 heteroatoms. The number of amides is 3. The van der Waals surface area contributed by atoms with Crippen molar-refractivity contribution in [3.05, 3.63) is 24.3 Å². The third-order valence-electron chi connectivity index (χ3n) is 4.36. The van der Waals surface area contributed by atoms with E-state index in [-0.39, 0.29) is 11.6 Å². The summed E-state index contributed by atoms with van der Waals surface area (Å²) in [6.45, 7) is 6.77. The Kier molecular flexibility index (Phi) is 7.44. The van der Waals surface area contributed by atoms with Gasteiger partial charge in [0.1, 0.15) is 11.4 Å². The predicted octanol–water partition coefficient (Wildman–Crippen LogP) is 4.70. The van der Waals surface area contributed by atoms with Crippen LogP contribution in [0.1, 0.15) is 33.6 Å². The fourth-order valence-corrected chi connectivity index (χ4v) is 3.17. The van der Waals surface area contributed by atoms with Gasteiger partial charge in [0.05, 0.1) is 0 Å². The molecular formula is C20H28F3N3O4. The van der Waals surface area contributed by atoms with Crippen molar-refractivity contribution in [3.63, 3.8) is 0 Å². The first-order chi connectivity index (χ1) is 13.8. The van der Waals surface area contributed by atoms with Crippen LogP contribution in [0, 0.1) is 5.92 Å². The molecule has 1 heterocycles. The van der Waals surface area contributed by atoms with Crippen LogP contribution >= 0.6 is 0 Å². The number of anilines is 1. The van der Waals surface area contributed by atoms with Crippen LogP contribution in [-0.4, -0.2) is 60.6 Å². The second kappa shape index (κ2) is 9.44. The van der Waals surface area contributed by atoms with Gasteiger partial charge in [0.2, 0.25) is 0 Å². The lowest BCUT2D eigenvalue weighted by Gasteiger charge is -2.35. The summed E-state index contributed by atoms with van der Waals surface area (Å²) in [6, 6.07) is 4.71. The van der Waals surface area contributed by atoms with E-state index in [4.69, 9.17) is 4.74 Å². The molecule has 1 saturated heterocycles. The lowest BCUT2D eigenvalue weighted by Crippen LogP contribution is -2.46. The molecule has 1 aromatic rings. The minimum Gasteiger partial charge on any atom is -0.444 e. The number of carbonyl (C=O) groups excluding carboxylic acids is 2. The number of halogens is 3. The minimum absolute atomic E-state index is 0.0712. The molecule has 0 aliphatic carbocycles. The highest BCUT2D eigenvalue weighted by Crippen LogP contribution is 2.26. The average Bonchev–Trinajstić information content (AvgIpc) is 2.59. The summed E-state index contributed by atoms with van der Waals surface area (Å²) in [5.41, 5.74) is -0.386. The van der Waals surface area contributed by atoms with Crippen molar-refractivity contribution in [3.8, 4) is 5.75 Å². The number of likely N-dealkylation sites (tertiary alicyclic amines) is 1. The summed E-state index contributed by atoms with van der Waals surface area (Å²) >= 11 is 0. The van der Waals surface area contributed by atoms with Gasteiger partial charge in [-0.25, -0.2) is 9.59 Å². The van der Waals surface area contributed by atoms with Crippen LogP contribution in [0.15, 0.2) is 24.3 Å². The van der Waals surface area contributed by atoms with Crippen molar-refractivity contribution in [2.24, 2.45) is 5.92 Å². The highest BCUT2D eigenvalue weighted by molar-refractivity contribution is 5.89. The highest BCUT2D eigenvalue weighted by atomic mass is 19.4. The average molecular weight is 431 g/mol. The number of nitrogens with one attached hydrogen (secondary N) is 1. The van der Waals surface area contributed by atoms with Gasteiger partial charge in [0.15, 0.2) is 0 Å². The lowest BCUT2D eigenvalue weighted by atomic mass is 9.98. The van der Waals surface area contributed by atoms with Crippen LogP contribution < -0.4 is 10.1 Å². The molecule has 1 N–H and O–H groups in total. The number of nitrogens with zero attached hydrogens (tertiary/aromatic N) is 2. The molecule has 3 amide bonds. The Morgan fingerprint density at radius 1 is 1.27 bits per heavy atom. The van der Waals surface area contributed by atoms with Crippen molar-refractivity contribution in [1.82, 2.24) is 9.80 Å². The molecule has 0 radical (unpaired) electrons. The van der Waals surface area contributed by atoms with Crippen molar-refractivity contribution >= 4 is 17.8 Å². The molecule has 1 aliphatic rings. The SMILES string of the molecule is CN(CC1CCCN(C(=O)Nc2cccc(OC(F)(F)F)c2)C1)C(=O)OC(C)(C)C. The maximum Gasteiger partial charge on any atom is 0.573 e. The molecule has 7 nitrogen and oxygen atoms in total. The van der Waals surface area contributed by atoms with Crippen LogP contribution in [0.5, 0.6) is 5.75 Å². The van der Waals surface area contributed by atoms with Gasteiger partial charge in [-0.05, 0) is 51.7 Å². The molecule has 1 atom stereocenters. The van der Waals surface area contributed by atoms with Crippen LogP contribution in [-0.2, 0) is 4.74 Å². The van der Waals surface area contributed by atoms with Gasteiger partial charge in [0.25, 0.3) is 0 Å². The Balaban J connectivity index is 1.91. The van der Waals surface area contributed by atoms with Crippen LogP contribution in [0.25, 0.3) is 0 Å². The number of alkyl halides is 3. The van der Waals surface area contributed by atoms with Gasteiger partial charge in [0, 0.05) is 38.4 Å². The normalized spacial score (nSPS) is 17.3. The first-order valence-electron chi connectivity index (χ1n) is 9.68. The number of piperidine rings is 1. The smallest absolute Gasteiger partial charge is 0.444 e. The molecule has 1 aliphatic heterocycles. The van der Waals surface area contributed by atoms with E-state index in [1.165, 1.54) is 17.0 Å². The van der Waals surface area contributed by atoms with E-state index in [1.807, 2.05) is 0 Å². The molecular weight excluding hydrogens is 403 g/mol. The van der Waals surface area contributed by atoms with Crippen molar-refractivity contribution < 1.29 is 32.2 Å². The fourth-order valence-electron chi connectivity index (χ4n) is 3.17. The van der Waals surface area contributed by atoms with Gasteiger partial charge in [-0.15, -0.1) is 13.2 Å². The van der Waals surface area contributed by atoms with Gasteiger partial charge >= 0.3 is 18.5 Å². The zero-order chi connectivity index (χ0) is 22.5. The maximum atomic E-state index is 12.6. The van der Waals surface area contributed by atoms with E-state index in [0.29, 0.717) is 19.6 Å². The van der Waals surface area contributed by atoms with Gasteiger partial charge < -0.3 is 24.6 Å². The second-order valence-electron chi connectivity index (χ2n) is 8.32. The number of hydrogen-bond donors (Lipinski definition) is 1.